The van der Waals surface area contributed by atoms with E-state index in [-0.39, 0.29) is 17.4 Å². The predicted molar refractivity (Wildman–Crippen MR) is 97.4 cm³/mol. The van der Waals surface area contributed by atoms with Crippen molar-refractivity contribution in [2.75, 3.05) is 18.9 Å². The number of nitrogens with one attached hydrogen (secondary N) is 3. The van der Waals surface area contributed by atoms with E-state index in [1.807, 2.05) is 6.07 Å². The molecule has 0 heterocycles. The molecule has 0 radical (unpaired) electrons. The zero-order valence-corrected chi connectivity index (χ0v) is 14.8. The SMILES string of the molecule is CNC(=O)c1cccc(NC(=O)CNC23CC4CC(CC(C4)C2)C3)c1. The second-order valence-corrected chi connectivity index (χ2v) is 8.26. The Morgan fingerprint density at radius 1 is 1.08 bits per heavy atom. The molecule has 1 aromatic carbocycles. The minimum absolute atomic E-state index is 0.0372. The van der Waals surface area contributed by atoms with Gasteiger partial charge in [0, 0.05) is 23.8 Å². The Morgan fingerprint density at radius 2 is 1.72 bits per heavy atom. The fraction of sp³-hybridized carbons (Fsp3) is 0.600. The van der Waals surface area contributed by atoms with Crippen molar-refractivity contribution in [3.05, 3.63) is 29.8 Å². The maximum atomic E-state index is 12.4. The van der Waals surface area contributed by atoms with Crippen molar-refractivity contribution in [2.45, 2.75) is 44.1 Å². The predicted octanol–water partition coefficient (Wildman–Crippen LogP) is 2.54. The molecule has 0 atom stereocenters. The summed E-state index contributed by atoms with van der Waals surface area (Å²) in [5.74, 6) is 2.41. The summed E-state index contributed by atoms with van der Waals surface area (Å²) in [6.45, 7) is 0.344. The van der Waals surface area contributed by atoms with E-state index in [4.69, 9.17) is 0 Å². The Kier molecular flexibility index (Phi) is 4.28. The van der Waals surface area contributed by atoms with Gasteiger partial charge in [0.05, 0.1) is 6.54 Å². The summed E-state index contributed by atoms with van der Waals surface area (Å²) < 4.78 is 0. The highest BCUT2D eigenvalue weighted by atomic mass is 16.2. The van der Waals surface area contributed by atoms with Crippen molar-refractivity contribution in [3.8, 4) is 0 Å². The third kappa shape index (κ3) is 3.43. The molecule has 0 spiro atoms. The smallest absolute Gasteiger partial charge is 0.251 e. The summed E-state index contributed by atoms with van der Waals surface area (Å²) in [6.07, 6.45) is 7.91. The fourth-order valence-electron chi connectivity index (χ4n) is 5.68. The van der Waals surface area contributed by atoms with Crippen molar-refractivity contribution in [3.63, 3.8) is 0 Å². The van der Waals surface area contributed by atoms with Gasteiger partial charge >= 0.3 is 0 Å². The summed E-state index contributed by atoms with van der Waals surface area (Å²) in [5.41, 5.74) is 1.41. The first-order valence-electron chi connectivity index (χ1n) is 9.42. The van der Waals surface area contributed by atoms with Crippen LogP contribution in [0.25, 0.3) is 0 Å². The van der Waals surface area contributed by atoms with Crippen molar-refractivity contribution in [1.82, 2.24) is 10.6 Å². The highest BCUT2D eigenvalue weighted by Gasteiger charge is 2.50. The Bertz CT molecular complexity index is 650. The second kappa shape index (κ2) is 6.45. The van der Waals surface area contributed by atoms with Gasteiger partial charge in [0.1, 0.15) is 0 Å². The molecule has 0 aliphatic heterocycles. The van der Waals surface area contributed by atoms with Gasteiger partial charge in [-0.15, -0.1) is 0 Å². The molecular formula is C20H27N3O2. The van der Waals surface area contributed by atoms with Crippen LogP contribution in [-0.2, 0) is 4.79 Å². The summed E-state index contributed by atoms with van der Waals surface area (Å²) in [7, 11) is 1.60. The molecular weight excluding hydrogens is 314 g/mol. The van der Waals surface area contributed by atoms with Crippen molar-refractivity contribution in [1.29, 1.82) is 0 Å². The Labute approximate surface area is 148 Å². The molecule has 4 bridgehead atoms. The Balaban J connectivity index is 1.35. The largest absolute Gasteiger partial charge is 0.355 e. The van der Waals surface area contributed by atoms with Crippen LogP contribution in [0.5, 0.6) is 0 Å². The lowest BCUT2D eigenvalue weighted by Crippen LogP contribution is -2.59. The summed E-state index contributed by atoms with van der Waals surface area (Å²) in [6, 6.07) is 7.05. The number of amides is 2. The van der Waals surface area contributed by atoms with Crippen LogP contribution in [0, 0.1) is 17.8 Å². The summed E-state index contributed by atoms with van der Waals surface area (Å²) in [5, 5.41) is 9.11. The van der Waals surface area contributed by atoms with E-state index in [9.17, 15) is 9.59 Å². The molecule has 2 amide bonds. The first kappa shape index (κ1) is 16.6. The minimum atomic E-state index is -0.150. The van der Waals surface area contributed by atoms with Crippen LogP contribution in [0.2, 0.25) is 0 Å². The lowest BCUT2D eigenvalue weighted by Gasteiger charge is -2.57. The third-order valence-electron chi connectivity index (χ3n) is 6.30. The van der Waals surface area contributed by atoms with Gasteiger partial charge in [0.25, 0.3) is 5.91 Å². The van der Waals surface area contributed by atoms with Crippen LogP contribution in [0.1, 0.15) is 48.9 Å². The van der Waals surface area contributed by atoms with Crippen LogP contribution in [-0.4, -0.2) is 30.9 Å². The number of hydrogen-bond acceptors (Lipinski definition) is 3. The molecule has 5 heteroatoms. The van der Waals surface area contributed by atoms with Gasteiger partial charge in [0.2, 0.25) is 5.91 Å². The average molecular weight is 341 g/mol. The van der Waals surface area contributed by atoms with E-state index >= 15 is 0 Å². The number of benzene rings is 1. The lowest BCUT2D eigenvalue weighted by molar-refractivity contribution is -0.116. The second-order valence-electron chi connectivity index (χ2n) is 8.26. The zero-order chi connectivity index (χ0) is 17.4. The first-order valence-corrected chi connectivity index (χ1v) is 9.42. The average Bonchev–Trinajstić information content (AvgIpc) is 2.58. The van der Waals surface area contributed by atoms with Crippen LogP contribution < -0.4 is 16.0 Å². The molecule has 5 rings (SSSR count). The van der Waals surface area contributed by atoms with E-state index in [0.717, 1.165) is 17.8 Å². The molecule has 0 saturated heterocycles. The molecule has 1 aromatic rings. The molecule has 4 fully saturated rings. The number of carbonyl (C=O) groups is 2. The van der Waals surface area contributed by atoms with Crippen LogP contribution in [0.3, 0.4) is 0 Å². The van der Waals surface area contributed by atoms with Gasteiger partial charge in [-0.3, -0.25) is 9.59 Å². The summed E-state index contributed by atoms with van der Waals surface area (Å²) >= 11 is 0. The van der Waals surface area contributed by atoms with Gasteiger partial charge in [0.15, 0.2) is 0 Å². The number of hydrogen-bond donors (Lipinski definition) is 3. The molecule has 25 heavy (non-hydrogen) atoms. The lowest BCUT2D eigenvalue weighted by atomic mass is 9.53. The first-order chi connectivity index (χ1) is 12.0. The number of rotatable bonds is 5. The van der Waals surface area contributed by atoms with Gasteiger partial charge < -0.3 is 16.0 Å². The van der Waals surface area contributed by atoms with Crippen LogP contribution >= 0.6 is 0 Å². The van der Waals surface area contributed by atoms with Crippen LogP contribution in [0.15, 0.2) is 24.3 Å². The van der Waals surface area contributed by atoms with E-state index in [1.165, 1.54) is 38.5 Å². The van der Waals surface area contributed by atoms with E-state index in [2.05, 4.69) is 16.0 Å². The zero-order valence-electron chi connectivity index (χ0n) is 14.8. The quantitative estimate of drug-likeness (QED) is 0.771. The van der Waals surface area contributed by atoms with Crippen molar-refractivity contribution >= 4 is 17.5 Å². The summed E-state index contributed by atoms with van der Waals surface area (Å²) in [4.78, 5) is 24.1. The normalized spacial score (nSPS) is 32.4. The third-order valence-corrected chi connectivity index (χ3v) is 6.30. The van der Waals surface area contributed by atoms with Gasteiger partial charge in [-0.05, 0) is 74.5 Å². The molecule has 4 saturated carbocycles. The van der Waals surface area contributed by atoms with Gasteiger partial charge in [-0.1, -0.05) is 6.07 Å². The molecule has 4 aliphatic carbocycles. The van der Waals surface area contributed by atoms with Gasteiger partial charge in [-0.25, -0.2) is 0 Å². The van der Waals surface area contributed by atoms with E-state index in [0.29, 0.717) is 17.8 Å². The van der Waals surface area contributed by atoms with E-state index < -0.39 is 0 Å². The number of carbonyl (C=O) groups excluding carboxylic acids is 2. The van der Waals surface area contributed by atoms with Crippen molar-refractivity contribution in [2.24, 2.45) is 17.8 Å². The standard InChI is InChI=1S/C20H27N3O2/c1-21-19(25)16-3-2-4-17(8-16)23-18(24)12-22-20-9-13-5-14(10-20)7-15(6-13)11-20/h2-4,8,13-15,22H,5-7,9-12H2,1H3,(H,21,25)(H,23,24). The van der Waals surface area contributed by atoms with E-state index in [1.54, 1.807) is 25.2 Å². The molecule has 5 nitrogen and oxygen atoms in total. The Morgan fingerprint density at radius 3 is 2.32 bits per heavy atom. The Hall–Kier alpha value is -1.88. The highest BCUT2D eigenvalue weighted by Crippen LogP contribution is 2.55. The van der Waals surface area contributed by atoms with Gasteiger partial charge in [-0.2, -0.15) is 0 Å². The molecule has 3 N–H and O–H groups in total. The monoisotopic (exact) mass is 341 g/mol. The molecule has 0 aromatic heterocycles. The minimum Gasteiger partial charge on any atom is -0.355 e. The molecule has 134 valence electrons. The maximum Gasteiger partial charge on any atom is 0.251 e. The fourth-order valence-corrected chi connectivity index (χ4v) is 5.68. The molecule has 0 unspecified atom stereocenters. The number of anilines is 1. The topological polar surface area (TPSA) is 70.2 Å². The molecule has 4 aliphatic rings. The van der Waals surface area contributed by atoms with Crippen LogP contribution in [0.4, 0.5) is 5.69 Å². The highest BCUT2D eigenvalue weighted by molar-refractivity contribution is 5.97. The van der Waals surface area contributed by atoms with Crippen molar-refractivity contribution < 1.29 is 9.59 Å². The maximum absolute atomic E-state index is 12.4.